The predicted octanol–water partition coefficient (Wildman–Crippen LogP) is 4.71. The van der Waals surface area contributed by atoms with Gasteiger partial charge in [-0.25, -0.2) is 4.98 Å². The first-order valence-corrected chi connectivity index (χ1v) is 9.17. The zero-order chi connectivity index (χ0) is 19.3. The van der Waals surface area contributed by atoms with Crippen molar-refractivity contribution in [2.45, 2.75) is 45.5 Å². The standard InChI is InChI=1S/C18H23F3N4S/c1-11(2)16-25-15(10-26-16)9-23-17(22-4)24-12(3)13-6-5-7-14(8-13)18(19,20)21/h5-8,10-12H,9H2,1-4H3,(H2,22,23,24). The maximum absolute atomic E-state index is 12.9. The molecule has 0 aliphatic rings. The average molecular weight is 384 g/mol. The SMILES string of the molecule is CN=C(NCc1csc(C(C)C)n1)NC(C)c1cccc(C(F)(F)F)c1. The van der Waals surface area contributed by atoms with Crippen LogP contribution in [0.2, 0.25) is 0 Å². The lowest BCUT2D eigenvalue weighted by atomic mass is 10.1. The highest BCUT2D eigenvalue weighted by Gasteiger charge is 2.30. The molecule has 8 heteroatoms. The van der Waals surface area contributed by atoms with E-state index in [4.69, 9.17) is 0 Å². The zero-order valence-corrected chi connectivity index (χ0v) is 16.0. The molecule has 0 bridgehead atoms. The maximum Gasteiger partial charge on any atom is 0.416 e. The number of hydrogen-bond acceptors (Lipinski definition) is 3. The van der Waals surface area contributed by atoms with Crippen molar-refractivity contribution in [3.8, 4) is 0 Å². The third-order valence-electron chi connectivity index (χ3n) is 3.79. The second-order valence-electron chi connectivity index (χ2n) is 6.25. The maximum atomic E-state index is 12.9. The number of hydrogen-bond donors (Lipinski definition) is 2. The summed E-state index contributed by atoms with van der Waals surface area (Å²) in [5.74, 6) is 0.890. The summed E-state index contributed by atoms with van der Waals surface area (Å²) in [7, 11) is 1.62. The summed E-state index contributed by atoms with van der Waals surface area (Å²) in [6.45, 7) is 6.47. The molecule has 0 aliphatic carbocycles. The van der Waals surface area contributed by atoms with Gasteiger partial charge in [0.1, 0.15) is 0 Å². The lowest BCUT2D eigenvalue weighted by Crippen LogP contribution is -2.38. The first-order valence-electron chi connectivity index (χ1n) is 8.29. The van der Waals surface area contributed by atoms with E-state index < -0.39 is 11.7 Å². The minimum absolute atomic E-state index is 0.329. The predicted molar refractivity (Wildman–Crippen MR) is 99.4 cm³/mol. The highest BCUT2D eigenvalue weighted by Crippen LogP contribution is 2.30. The smallest absolute Gasteiger partial charge is 0.351 e. The van der Waals surface area contributed by atoms with Gasteiger partial charge in [-0.15, -0.1) is 11.3 Å². The third-order valence-corrected chi connectivity index (χ3v) is 4.99. The molecular formula is C18H23F3N4S. The first kappa shape index (κ1) is 20.2. The number of nitrogens with one attached hydrogen (secondary N) is 2. The van der Waals surface area contributed by atoms with E-state index in [0.717, 1.165) is 22.8 Å². The van der Waals surface area contributed by atoms with E-state index in [0.29, 0.717) is 24.0 Å². The number of guanidine groups is 1. The minimum atomic E-state index is -4.35. The molecule has 142 valence electrons. The van der Waals surface area contributed by atoms with Crippen molar-refractivity contribution in [1.82, 2.24) is 15.6 Å². The van der Waals surface area contributed by atoms with Gasteiger partial charge in [-0.1, -0.05) is 26.0 Å². The van der Waals surface area contributed by atoms with Crippen LogP contribution in [0.1, 0.15) is 54.6 Å². The summed E-state index contributed by atoms with van der Waals surface area (Å²) in [5, 5.41) is 9.32. The number of aromatic nitrogens is 1. The van der Waals surface area contributed by atoms with Crippen molar-refractivity contribution in [3.05, 3.63) is 51.5 Å². The molecule has 1 atom stereocenters. The van der Waals surface area contributed by atoms with Crippen LogP contribution in [0.3, 0.4) is 0 Å². The Kier molecular flexibility index (Phi) is 6.63. The van der Waals surface area contributed by atoms with E-state index >= 15 is 0 Å². The molecule has 0 saturated heterocycles. The van der Waals surface area contributed by atoms with Crippen LogP contribution in [-0.4, -0.2) is 18.0 Å². The van der Waals surface area contributed by atoms with Crippen LogP contribution in [0.4, 0.5) is 13.2 Å². The highest BCUT2D eigenvalue weighted by atomic mass is 32.1. The molecule has 0 aliphatic heterocycles. The average Bonchev–Trinajstić information content (AvgIpc) is 3.07. The Labute approximate surface area is 155 Å². The Morgan fingerprint density at radius 2 is 2.00 bits per heavy atom. The van der Waals surface area contributed by atoms with E-state index in [-0.39, 0.29) is 6.04 Å². The molecule has 0 saturated carbocycles. The lowest BCUT2D eigenvalue weighted by Gasteiger charge is -2.19. The topological polar surface area (TPSA) is 49.3 Å². The fraction of sp³-hybridized carbons (Fsp3) is 0.444. The molecule has 2 aromatic rings. The third kappa shape index (κ3) is 5.45. The molecule has 1 unspecified atom stereocenters. The molecule has 1 heterocycles. The normalized spacial score (nSPS) is 13.8. The number of nitrogens with zero attached hydrogens (tertiary/aromatic N) is 2. The van der Waals surface area contributed by atoms with Gasteiger partial charge in [-0.2, -0.15) is 13.2 Å². The van der Waals surface area contributed by atoms with E-state index in [2.05, 4.69) is 34.5 Å². The minimum Gasteiger partial charge on any atom is -0.351 e. The molecule has 26 heavy (non-hydrogen) atoms. The molecule has 0 amide bonds. The number of rotatable bonds is 5. The second-order valence-corrected chi connectivity index (χ2v) is 7.14. The van der Waals surface area contributed by atoms with Crippen LogP contribution in [0.5, 0.6) is 0 Å². The number of halogens is 3. The Balaban J connectivity index is 1.98. The fourth-order valence-corrected chi connectivity index (χ4v) is 3.15. The Morgan fingerprint density at radius 1 is 1.27 bits per heavy atom. The van der Waals surface area contributed by atoms with Crippen LogP contribution >= 0.6 is 11.3 Å². The van der Waals surface area contributed by atoms with Gasteiger partial charge in [-0.05, 0) is 24.6 Å². The highest BCUT2D eigenvalue weighted by molar-refractivity contribution is 7.09. The van der Waals surface area contributed by atoms with E-state index in [1.165, 1.54) is 6.07 Å². The largest absolute Gasteiger partial charge is 0.416 e. The summed E-state index contributed by atoms with van der Waals surface area (Å²) in [6, 6.07) is 4.97. The summed E-state index contributed by atoms with van der Waals surface area (Å²) in [4.78, 5) is 8.67. The zero-order valence-electron chi connectivity index (χ0n) is 15.2. The molecule has 0 radical (unpaired) electrons. The Morgan fingerprint density at radius 3 is 2.58 bits per heavy atom. The van der Waals surface area contributed by atoms with E-state index in [9.17, 15) is 13.2 Å². The number of aliphatic imine (C=N–C) groups is 1. The summed E-state index contributed by atoms with van der Waals surface area (Å²) in [6.07, 6.45) is -4.35. The van der Waals surface area contributed by atoms with Crippen LogP contribution < -0.4 is 10.6 Å². The van der Waals surface area contributed by atoms with Crippen molar-refractivity contribution in [1.29, 1.82) is 0 Å². The van der Waals surface area contributed by atoms with Crippen molar-refractivity contribution >= 4 is 17.3 Å². The monoisotopic (exact) mass is 384 g/mol. The van der Waals surface area contributed by atoms with Crippen molar-refractivity contribution < 1.29 is 13.2 Å². The van der Waals surface area contributed by atoms with Gasteiger partial charge >= 0.3 is 6.18 Å². The van der Waals surface area contributed by atoms with Crippen LogP contribution in [0.15, 0.2) is 34.6 Å². The molecule has 4 nitrogen and oxygen atoms in total. The number of thiazole rings is 1. The molecule has 2 N–H and O–H groups in total. The van der Waals surface area contributed by atoms with E-state index in [1.807, 2.05) is 5.38 Å². The van der Waals surface area contributed by atoms with Crippen molar-refractivity contribution in [2.24, 2.45) is 4.99 Å². The van der Waals surface area contributed by atoms with Gasteiger partial charge in [0.2, 0.25) is 0 Å². The summed E-state index contributed by atoms with van der Waals surface area (Å²) < 4.78 is 38.6. The van der Waals surface area contributed by atoms with Gasteiger partial charge < -0.3 is 10.6 Å². The quantitative estimate of drug-likeness (QED) is 0.580. The lowest BCUT2D eigenvalue weighted by molar-refractivity contribution is -0.137. The molecule has 1 aromatic carbocycles. The molecule has 2 rings (SSSR count). The fourth-order valence-electron chi connectivity index (χ4n) is 2.31. The number of benzene rings is 1. The van der Waals surface area contributed by atoms with Crippen LogP contribution in [0, 0.1) is 0 Å². The van der Waals surface area contributed by atoms with Crippen LogP contribution in [0.25, 0.3) is 0 Å². The molecule has 1 aromatic heterocycles. The van der Waals surface area contributed by atoms with Crippen molar-refractivity contribution in [3.63, 3.8) is 0 Å². The summed E-state index contributed by atoms with van der Waals surface area (Å²) in [5.41, 5.74) is 0.794. The van der Waals surface area contributed by atoms with Gasteiger partial charge in [-0.3, -0.25) is 4.99 Å². The molecule has 0 spiro atoms. The van der Waals surface area contributed by atoms with Gasteiger partial charge in [0.25, 0.3) is 0 Å². The molecule has 0 fully saturated rings. The van der Waals surface area contributed by atoms with Gasteiger partial charge in [0, 0.05) is 18.3 Å². The van der Waals surface area contributed by atoms with Crippen molar-refractivity contribution in [2.75, 3.05) is 7.05 Å². The summed E-state index contributed by atoms with van der Waals surface area (Å²) >= 11 is 1.61. The van der Waals surface area contributed by atoms with Crippen LogP contribution in [-0.2, 0) is 12.7 Å². The van der Waals surface area contributed by atoms with Gasteiger partial charge in [0.05, 0.1) is 28.9 Å². The number of alkyl halides is 3. The Hall–Kier alpha value is -2.09. The Bertz CT molecular complexity index is 753. The van der Waals surface area contributed by atoms with E-state index in [1.54, 1.807) is 31.4 Å². The first-order chi connectivity index (χ1) is 12.2. The second kappa shape index (κ2) is 8.53. The van der Waals surface area contributed by atoms with Gasteiger partial charge in [0.15, 0.2) is 5.96 Å². The molecular weight excluding hydrogens is 361 g/mol.